The summed E-state index contributed by atoms with van der Waals surface area (Å²) in [5.74, 6) is 0.518. The zero-order valence-corrected chi connectivity index (χ0v) is 12.4. The Morgan fingerprint density at radius 1 is 1.27 bits per heavy atom. The van der Waals surface area contributed by atoms with Crippen molar-refractivity contribution in [2.75, 3.05) is 0 Å². The lowest BCUT2D eigenvalue weighted by molar-refractivity contribution is -0.126. The Morgan fingerprint density at radius 2 is 2.00 bits per heavy atom. The third-order valence-electron chi connectivity index (χ3n) is 4.12. The molecule has 0 spiro atoms. The van der Waals surface area contributed by atoms with Gasteiger partial charge in [0.1, 0.15) is 6.33 Å². The predicted octanol–water partition coefficient (Wildman–Crippen LogP) is 1.58. The molecule has 2 N–H and O–H groups in total. The van der Waals surface area contributed by atoms with E-state index in [1.54, 1.807) is 6.33 Å². The number of carbonyl (C=O) groups excluding carboxylic acids is 1. The minimum absolute atomic E-state index is 0.146. The van der Waals surface area contributed by atoms with E-state index in [2.05, 4.69) is 15.5 Å². The maximum absolute atomic E-state index is 12.0. The molecule has 0 unspecified atom stereocenters. The lowest BCUT2D eigenvalue weighted by Crippen LogP contribution is -2.34. The highest BCUT2D eigenvalue weighted by Gasteiger charge is 2.33. The van der Waals surface area contributed by atoms with Crippen LogP contribution in [0.4, 0.5) is 0 Å². The Hall–Kier alpha value is -2.21. The molecule has 1 aromatic heterocycles. The molecule has 116 valence electrons. The van der Waals surface area contributed by atoms with Crippen molar-refractivity contribution >= 4 is 5.91 Å². The van der Waals surface area contributed by atoms with E-state index in [-0.39, 0.29) is 12.3 Å². The van der Waals surface area contributed by atoms with E-state index >= 15 is 0 Å². The third-order valence-corrected chi connectivity index (χ3v) is 4.12. The lowest BCUT2D eigenvalue weighted by Gasteiger charge is -2.21. The Morgan fingerprint density at radius 3 is 2.73 bits per heavy atom. The number of nitrogens with zero attached hydrogens (tertiary/aromatic N) is 3. The van der Waals surface area contributed by atoms with Gasteiger partial charge in [-0.15, -0.1) is 10.2 Å². The van der Waals surface area contributed by atoms with Crippen LogP contribution in [0.15, 0.2) is 36.7 Å². The van der Waals surface area contributed by atoms with Crippen LogP contribution >= 0.6 is 0 Å². The molecule has 1 heterocycles. The number of nitrogens with one attached hydrogen (secondary N) is 1. The van der Waals surface area contributed by atoms with Gasteiger partial charge in [-0.1, -0.05) is 31.0 Å². The van der Waals surface area contributed by atoms with Crippen LogP contribution in [0, 0.1) is 0 Å². The zero-order chi connectivity index (χ0) is 15.4. The summed E-state index contributed by atoms with van der Waals surface area (Å²) in [6.45, 7) is 0.295. The molecule has 1 aliphatic carbocycles. The molecular weight excluding hydrogens is 280 g/mol. The zero-order valence-electron chi connectivity index (χ0n) is 12.4. The van der Waals surface area contributed by atoms with Gasteiger partial charge in [0.15, 0.2) is 5.82 Å². The molecule has 2 aromatic rings. The monoisotopic (exact) mass is 300 g/mol. The van der Waals surface area contributed by atoms with Crippen molar-refractivity contribution < 1.29 is 9.90 Å². The first kappa shape index (κ1) is 14.7. The molecule has 1 amide bonds. The van der Waals surface area contributed by atoms with Gasteiger partial charge in [-0.05, 0) is 25.0 Å². The van der Waals surface area contributed by atoms with Crippen molar-refractivity contribution in [2.24, 2.45) is 0 Å². The van der Waals surface area contributed by atoms with Crippen molar-refractivity contribution in [3.8, 4) is 5.69 Å². The van der Waals surface area contributed by atoms with Gasteiger partial charge < -0.3 is 10.4 Å². The Bertz CT molecular complexity index is 633. The van der Waals surface area contributed by atoms with Gasteiger partial charge in [0.25, 0.3) is 0 Å². The summed E-state index contributed by atoms with van der Waals surface area (Å²) in [5.41, 5.74) is 0.128. The van der Waals surface area contributed by atoms with Crippen LogP contribution in [-0.4, -0.2) is 31.4 Å². The molecule has 1 fully saturated rings. The maximum Gasteiger partial charge on any atom is 0.223 e. The van der Waals surface area contributed by atoms with E-state index in [0.29, 0.717) is 25.2 Å². The predicted molar refractivity (Wildman–Crippen MR) is 81.2 cm³/mol. The number of para-hydroxylation sites is 1. The first-order valence-electron chi connectivity index (χ1n) is 7.60. The second-order valence-electron chi connectivity index (χ2n) is 5.84. The molecule has 0 saturated heterocycles. The number of hydrogen-bond donors (Lipinski definition) is 2. The van der Waals surface area contributed by atoms with Gasteiger partial charge in [0, 0.05) is 5.69 Å². The van der Waals surface area contributed by atoms with Crippen molar-refractivity contribution in [2.45, 2.75) is 44.2 Å². The van der Waals surface area contributed by atoms with Crippen molar-refractivity contribution in [3.63, 3.8) is 0 Å². The molecule has 0 bridgehead atoms. The second-order valence-corrected chi connectivity index (χ2v) is 5.84. The van der Waals surface area contributed by atoms with E-state index in [1.807, 2.05) is 34.9 Å². The summed E-state index contributed by atoms with van der Waals surface area (Å²) in [5, 5.41) is 21.0. The number of rotatable bonds is 5. The maximum atomic E-state index is 12.0. The van der Waals surface area contributed by atoms with Crippen LogP contribution < -0.4 is 5.32 Å². The number of aromatic nitrogens is 3. The summed E-state index contributed by atoms with van der Waals surface area (Å²) in [6, 6.07) is 9.73. The van der Waals surface area contributed by atoms with Crippen molar-refractivity contribution in [1.29, 1.82) is 0 Å². The third kappa shape index (κ3) is 3.33. The average Bonchev–Trinajstić information content (AvgIpc) is 3.15. The SMILES string of the molecule is O=C(CC1(O)CCCC1)NCc1nncn1-c1ccccc1. The van der Waals surface area contributed by atoms with Gasteiger partial charge in [-0.25, -0.2) is 0 Å². The molecule has 1 saturated carbocycles. The van der Waals surface area contributed by atoms with Crippen LogP contribution in [-0.2, 0) is 11.3 Å². The van der Waals surface area contributed by atoms with Gasteiger partial charge in [0.05, 0.1) is 18.6 Å². The lowest BCUT2D eigenvalue weighted by atomic mass is 9.98. The quantitative estimate of drug-likeness (QED) is 0.878. The number of amides is 1. The molecule has 0 atom stereocenters. The Labute approximate surface area is 129 Å². The standard InChI is InChI=1S/C16H20N4O2/c21-15(10-16(22)8-4-5-9-16)17-11-14-19-18-12-20(14)13-6-2-1-3-7-13/h1-3,6-7,12,22H,4-5,8-11H2,(H,17,21). The van der Waals surface area contributed by atoms with Crippen molar-refractivity contribution in [1.82, 2.24) is 20.1 Å². The first-order chi connectivity index (χ1) is 10.7. The summed E-state index contributed by atoms with van der Waals surface area (Å²) >= 11 is 0. The fourth-order valence-electron chi connectivity index (χ4n) is 2.93. The van der Waals surface area contributed by atoms with Crippen LogP contribution in [0.1, 0.15) is 37.9 Å². The summed E-state index contributed by atoms with van der Waals surface area (Å²) in [7, 11) is 0. The topological polar surface area (TPSA) is 80.0 Å². The number of carbonyl (C=O) groups is 1. The molecule has 22 heavy (non-hydrogen) atoms. The van der Waals surface area contributed by atoms with E-state index in [9.17, 15) is 9.90 Å². The van der Waals surface area contributed by atoms with E-state index in [1.165, 1.54) is 0 Å². The molecule has 1 aliphatic rings. The number of aliphatic hydroxyl groups is 1. The number of benzene rings is 1. The second kappa shape index (κ2) is 6.27. The highest BCUT2D eigenvalue weighted by atomic mass is 16.3. The van der Waals surface area contributed by atoms with Gasteiger partial charge in [0.2, 0.25) is 5.91 Å². The normalized spacial score (nSPS) is 16.6. The largest absolute Gasteiger partial charge is 0.389 e. The summed E-state index contributed by atoms with van der Waals surface area (Å²) < 4.78 is 1.84. The minimum Gasteiger partial charge on any atom is -0.389 e. The van der Waals surface area contributed by atoms with Crippen LogP contribution in [0.3, 0.4) is 0 Å². The van der Waals surface area contributed by atoms with Crippen molar-refractivity contribution in [3.05, 3.63) is 42.5 Å². The molecule has 6 heteroatoms. The Balaban J connectivity index is 1.60. The van der Waals surface area contributed by atoms with Gasteiger partial charge in [-0.3, -0.25) is 9.36 Å². The highest BCUT2D eigenvalue weighted by molar-refractivity contribution is 5.77. The molecule has 0 aliphatic heterocycles. The van der Waals surface area contributed by atoms with Crippen LogP contribution in [0.5, 0.6) is 0 Å². The number of hydrogen-bond acceptors (Lipinski definition) is 4. The highest BCUT2D eigenvalue weighted by Crippen LogP contribution is 2.32. The minimum atomic E-state index is -0.822. The van der Waals surface area contributed by atoms with Crippen LogP contribution in [0.2, 0.25) is 0 Å². The van der Waals surface area contributed by atoms with Gasteiger partial charge in [-0.2, -0.15) is 0 Å². The van der Waals surface area contributed by atoms with E-state index < -0.39 is 5.60 Å². The van der Waals surface area contributed by atoms with Gasteiger partial charge >= 0.3 is 0 Å². The molecular formula is C16H20N4O2. The fraction of sp³-hybridized carbons (Fsp3) is 0.438. The average molecular weight is 300 g/mol. The summed E-state index contributed by atoms with van der Waals surface area (Å²) in [6.07, 6.45) is 5.19. The molecule has 6 nitrogen and oxygen atoms in total. The van der Waals surface area contributed by atoms with E-state index in [4.69, 9.17) is 0 Å². The summed E-state index contributed by atoms with van der Waals surface area (Å²) in [4.78, 5) is 12.0. The fourth-order valence-corrected chi connectivity index (χ4v) is 2.93. The Kier molecular flexibility index (Phi) is 4.20. The van der Waals surface area contributed by atoms with Crippen LogP contribution in [0.25, 0.3) is 5.69 Å². The smallest absolute Gasteiger partial charge is 0.223 e. The van der Waals surface area contributed by atoms with E-state index in [0.717, 1.165) is 18.5 Å². The first-order valence-corrected chi connectivity index (χ1v) is 7.60. The molecule has 0 radical (unpaired) electrons. The molecule has 1 aromatic carbocycles. The molecule has 3 rings (SSSR count).